The van der Waals surface area contributed by atoms with Crippen molar-refractivity contribution < 1.29 is 13.2 Å². The molecule has 0 spiro atoms. The lowest BCUT2D eigenvalue weighted by Crippen LogP contribution is -2.24. The van der Waals surface area contributed by atoms with Gasteiger partial charge >= 0.3 is 0 Å². The number of hydrogen-bond acceptors (Lipinski definition) is 3. The summed E-state index contributed by atoms with van der Waals surface area (Å²) in [5.41, 5.74) is 0.943. The van der Waals surface area contributed by atoms with Gasteiger partial charge in [-0.1, -0.05) is 6.08 Å². The minimum absolute atomic E-state index is 0.0589. The molecule has 0 unspecified atom stereocenters. The van der Waals surface area contributed by atoms with Gasteiger partial charge in [0.15, 0.2) is 0 Å². The van der Waals surface area contributed by atoms with Crippen molar-refractivity contribution in [3.63, 3.8) is 0 Å². The largest absolute Gasteiger partial charge is 0.352 e. The van der Waals surface area contributed by atoms with Crippen LogP contribution < -0.4 is 10.5 Å². The van der Waals surface area contributed by atoms with Crippen molar-refractivity contribution in [1.29, 1.82) is 0 Å². The van der Waals surface area contributed by atoms with Crippen LogP contribution in [-0.4, -0.2) is 20.9 Å². The third-order valence-electron chi connectivity index (χ3n) is 2.28. The predicted octanol–water partition coefficient (Wildman–Crippen LogP) is 0.948. The zero-order valence-corrected chi connectivity index (χ0v) is 11.0. The Labute approximate surface area is 107 Å². The van der Waals surface area contributed by atoms with E-state index in [9.17, 15) is 13.2 Å². The zero-order valence-electron chi connectivity index (χ0n) is 10.1. The third-order valence-corrected chi connectivity index (χ3v) is 3.17. The average molecular weight is 268 g/mol. The Balaban J connectivity index is 2.99. The second-order valence-corrected chi connectivity index (χ2v) is 5.47. The van der Waals surface area contributed by atoms with E-state index in [0.717, 1.165) is 0 Å². The van der Waals surface area contributed by atoms with Gasteiger partial charge in [0.25, 0.3) is 5.91 Å². The van der Waals surface area contributed by atoms with Crippen molar-refractivity contribution in [1.82, 2.24) is 5.32 Å². The molecule has 3 N–H and O–H groups in total. The van der Waals surface area contributed by atoms with E-state index in [1.807, 2.05) is 0 Å². The first-order valence-electron chi connectivity index (χ1n) is 5.38. The molecule has 0 saturated heterocycles. The highest BCUT2D eigenvalue weighted by molar-refractivity contribution is 7.89. The van der Waals surface area contributed by atoms with E-state index in [1.165, 1.54) is 12.1 Å². The maximum absolute atomic E-state index is 11.8. The van der Waals surface area contributed by atoms with Crippen molar-refractivity contribution in [2.24, 2.45) is 5.14 Å². The van der Waals surface area contributed by atoms with Crippen LogP contribution in [0.5, 0.6) is 0 Å². The lowest BCUT2D eigenvalue weighted by molar-refractivity contribution is 0.0954. The van der Waals surface area contributed by atoms with Crippen LogP contribution >= 0.6 is 0 Å². The molecule has 0 aliphatic rings. The summed E-state index contributed by atoms with van der Waals surface area (Å²) in [6.07, 6.45) is 2.34. The van der Waals surface area contributed by atoms with Gasteiger partial charge in [0.2, 0.25) is 10.0 Å². The molecule has 98 valence electrons. The van der Waals surface area contributed by atoms with Gasteiger partial charge in [0.1, 0.15) is 0 Å². The highest BCUT2D eigenvalue weighted by atomic mass is 32.2. The van der Waals surface area contributed by atoms with E-state index < -0.39 is 10.0 Å². The molecular weight excluding hydrogens is 252 g/mol. The molecule has 0 fully saturated rings. The van der Waals surface area contributed by atoms with E-state index in [4.69, 9.17) is 5.14 Å². The number of rotatable bonds is 5. The normalized spacial score (nSPS) is 11.0. The molecule has 0 bridgehead atoms. The summed E-state index contributed by atoms with van der Waals surface area (Å²) >= 11 is 0. The molecule has 1 amide bonds. The van der Waals surface area contributed by atoms with E-state index in [0.29, 0.717) is 18.5 Å². The van der Waals surface area contributed by atoms with Gasteiger partial charge in [-0.25, -0.2) is 13.6 Å². The number of hydrogen-bond donors (Lipinski definition) is 2. The first-order chi connectivity index (χ1) is 8.34. The number of sulfonamides is 1. The predicted molar refractivity (Wildman–Crippen MR) is 69.7 cm³/mol. The van der Waals surface area contributed by atoms with Crippen molar-refractivity contribution in [2.45, 2.75) is 18.2 Å². The van der Waals surface area contributed by atoms with Crippen LogP contribution in [-0.2, 0) is 10.0 Å². The average Bonchev–Trinajstić information content (AvgIpc) is 2.27. The molecule has 0 radical (unpaired) electrons. The van der Waals surface area contributed by atoms with Crippen LogP contribution in [0.15, 0.2) is 35.7 Å². The van der Waals surface area contributed by atoms with E-state index >= 15 is 0 Å². The number of carbonyl (C=O) groups is 1. The Morgan fingerprint density at radius 2 is 2.11 bits per heavy atom. The number of nitrogens with one attached hydrogen (secondary N) is 1. The number of amides is 1. The molecule has 1 aromatic rings. The smallest absolute Gasteiger partial charge is 0.251 e. The summed E-state index contributed by atoms with van der Waals surface area (Å²) in [4.78, 5) is 11.7. The van der Waals surface area contributed by atoms with E-state index in [2.05, 4.69) is 11.9 Å². The van der Waals surface area contributed by atoms with Crippen LogP contribution in [0.3, 0.4) is 0 Å². The van der Waals surface area contributed by atoms with Gasteiger partial charge in [0.05, 0.1) is 4.90 Å². The maximum atomic E-state index is 11.8. The Morgan fingerprint density at radius 1 is 1.44 bits per heavy atom. The summed E-state index contributed by atoms with van der Waals surface area (Å²) in [6.45, 7) is 5.71. The topological polar surface area (TPSA) is 89.3 Å². The Bertz CT molecular complexity index is 565. The summed E-state index contributed by atoms with van der Waals surface area (Å²) in [6, 6.07) is 4.30. The molecular formula is C12H16N2O3S. The van der Waals surface area contributed by atoms with Gasteiger partial charge in [-0.3, -0.25) is 4.79 Å². The standard InChI is InChI=1S/C12H16N2O3S/c1-3-4-5-14-12(15)10-6-9(2)7-11(8-10)18(13,16)17/h3,6-8H,1,4-5H2,2H3,(H,14,15)(H2,13,16,17). The summed E-state index contributed by atoms with van der Waals surface area (Å²) < 4.78 is 22.5. The molecule has 18 heavy (non-hydrogen) atoms. The molecule has 1 aromatic carbocycles. The molecule has 5 nitrogen and oxygen atoms in total. The minimum atomic E-state index is -3.80. The fourth-order valence-corrected chi connectivity index (χ4v) is 2.07. The van der Waals surface area contributed by atoms with Crippen LogP contribution in [0.2, 0.25) is 0 Å². The Morgan fingerprint density at radius 3 is 2.67 bits per heavy atom. The minimum Gasteiger partial charge on any atom is -0.352 e. The van der Waals surface area contributed by atoms with Crippen LogP contribution in [0, 0.1) is 6.92 Å². The quantitative estimate of drug-likeness (QED) is 0.615. The van der Waals surface area contributed by atoms with Gasteiger partial charge in [-0.15, -0.1) is 6.58 Å². The molecule has 0 heterocycles. The fraction of sp³-hybridized carbons (Fsp3) is 0.250. The number of benzene rings is 1. The van der Waals surface area contributed by atoms with Crippen LogP contribution in [0.25, 0.3) is 0 Å². The summed E-state index contributed by atoms with van der Waals surface area (Å²) in [7, 11) is -3.80. The highest BCUT2D eigenvalue weighted by Crippen LogP contribution is 2.13. The second-order valence-electron chi connectivity index (χ2n) is 3.91. The number of aryl methyl sites for hydroxylation is 1. The molecule has 0 aromatic heterocycles. The van der Waals surface area contributed by atoms with E-state index in [1.54, 1.807) is 19.1 Å². The van der Waals surface area contributed by atoms with Gasteiger partial charge < -0.3 is 5.32 Å². The number of primary sulfonamides is 1. The monoisotopic (exact) mass is 268 g/mol. The Kier molecular flexibility index (Phi) is 4.63. The summed E-state index contributed by atoms with van der Waals surface area (Å²) in [5, 5.41) is 7.70. The Hall–Kier alpha value is -1.66. The third kappa shape index (κ3) is 3.97. The maximum Gasteiger partial charge on any atom is 0.251 e. The van der Waals surface area contributed by atoms with Crippen LogP contribution in [0.4, 0.5) is 0 Å². The SMILES string of the molecule is C=CCCNC(=O)c1cc(C)cc(S(N)(=O)=O)c1. The van der Waals surface area contributed by atoms with Crippen molar-refractivity contribution in [3.8, 4) is 0 Å². The molecule has 6 heteroatoms. The van der Waals surface area contributed by atoms with Gasteiger partial charge in [0, 0.05) is 12.1 Å². The van der Waals surface area contributed by atoms with Crippen molar-refractivity contribution in [2.75, 3.05) is 6.54 Å². The van der Waals surface area contributed by atoms with Gasteiger partial charge in [-0.2, -0.15) is 0 Å². The fourth-order valence-electron chi connectivity index (χ4n) is 1.43. The molecule has 0 aliphatic heterocycles. The zero-order chi connectivity index (χ0) is 13.8. The van der Waals surface area contributed by atoms with Crippen LogP contribution in [0.1, 0.15) is 22.3 Å². The first-order valence-corrected chi connectivity index (χ1v) is 6.93. The lowest BCUT2D eigenvalue weighted by Gasteiger charge is -2.07. The van der Waals surface area contributed by atoms with Crippen molar-refractivity contribution in [3.05, 3.63) is 42.0 Å². The van der Waals surface area contributed by atoms with Crippen molar-refractivity contribution >= 4 is 15.9 Å². The molecule has 0 aliphatic carbocycles. The molecule has 0 saturated carbocycles. The molecule has 0 atom stereocenters. The van der Waals surface area contributed by atoms with Gasteiger partial charge in [-0.05, 0) is 37.1 Å². The number of carbonyl (C=O) groups excluding carboxylic acids is 1. The lowest BCUT2D eigenvalue weighted by atomic mass is 10.1. The summed E-state index contributed by atoms with van der Waals surface area (Å²) in [5.74, 6) is -0.328. The number of nitrogens with two attached hydrogens (primary N) is 1. The highest BCUT2D eigenvalue weighted by Gasteiger charge is 2.13. The van der Waals surface area contributed by atoms with E-state index in [-0.39, 0.29) is 16.4 Å². The molecule has 1 rings (SSSR count). The first kappa shape index (κ1) is 14.4. The second kappa shape index (κ2) is 5.79.